The van der Waals surface area contributed by atoms with Crippen LogP contribution < -0.4 is 20.2 Å². The Kier molecular flexibility index (Phi) is 2.74. The molecule has 0 atom stereocenters. The lowest BCUT2D eigenvalue weighted by Crippen LogP contribution is -2.04. The van der Waals surface area contributed by atoms with Gasteiger partial charge in [0.15, 0.2) is 11.5 Å². The molecular weight excluding hydrogens is 210 g/mol. The highest BCUT2D eigenvalue weighted by Crippen LogP contribution is 2.33. The Labute approximate surface area is 91.9 Å². The van der Waals surface area contributed by atoms with Crippen LogP contribution in [0.25, 0.3) is 10.9 Å². The Morgan fingerprint density at radius 3 is 2.38 bits per heavy atom. The average molecular weight is 221 g/mol. The van der Waals surface area contributed by atoms with E-state index in [0.717, 1.165) is 0 Å². The SMILES string of the molecule is COc1cc2ncnc(ON)c2cc1OC. The van der Waals surface area contributed by atoms with E-state index in [1.807, 2.05) is 0 Å². The Morgan fingerprint density at radius 1 is 1.06 bits per heavy atom. The second kappa shape index (κ2) is 4.19. The van der Waals surface area contributed by atoms with Gasteiger partial charge < -0.3 is 14.3 Å². The van der Waals surface area contributed by atoms with E-state index in [1.54, 1.807) is 26.4 Å². The standard InChI is InChI=1S/C10H11N3O3/c1-14-8-3-6-7(4-9(8)15-2)12-5-13-10(6)16-11/h3-5H,11H2,1-2H3. The Bertz CT molecular complexity index is 516. The maximum absolute atomic E-state index is 5.17. The van der Waals surface area contributed by atoms with Gasteiger partial charge in [-0.3, -0.25) is 0 Å². The highest BCUT2D eigenvalue weighted by molar-refractivity contribution is 5.86. The molecule has 16 heavy (non-hydrogen) atoms. The maximum atomic E-state index is 5.17. The minimum absolute atomic E-state index is 0.297. The first-order valence-corrected chi connectivity index (χ1v) is 4.53. The van der Waals surface area contributed by atoms with E-state index in [0.29, 0.717) is 28.3 Å². The number of rotatable bonds is 3. The van der Waals surface area contributed by atoms with Crippen molar-refractivity contribution in [3.63, 3.8) is 0 Å². The molecule has 2 rings (SSSR count). The van der Waals surface area contributed by atoms with Crippen LogP contribution >= 0.6 is 0 Å². The molecule has 0 unspecified atom stereocenters. The Morgan fingerprint density at radius 2 is 1.75 bits per heavy atom. The number of nitrogens with two attached hydrogens (primary N) is 1. The van der Waals surface area contributed by atoms with Crippen molar-refractivity contribution in [1.29, 1.82) is 0 Å². The van der Waals surface area contributed by atoms with E-state index in [4.69, 9.17) is 15.4 Å². The number of hydrogen-bond acceptors (Lipinski definition) is 6. The predicted molar refractivity (Wildman–Crippen MR) is 57.5 cm³/mol. The molecule has 0 aliphatic rings. The van der Waals surface area contributed by atoms with Gasteiger partial charge in [0.1, 0.15) is 6.33 Å². The van der Waals surface area contributed by atoms with Crippen LogP contribution in [0.2, 0.25) is 0 Å². The van der Waals surface area contributed by atoms with Gasteiger partial charge in [-0.25, -0.2) is 4.98 Å². The number of nitrogens with zero attached hydrogens (tertiary/aromatic N) is 2. The van der Waals surface area contributed by atoms with Crippen LogP contribution in [0.3, 0.4) is 0 Å². The number of aromatic nitrogens is 2. The van der Waals surface area contributed by atoms with Gasteiger partial charge >= 0.3 is 0 Å². The lowest BCUT2D eigenvalue weighted by molar-refractivity contribution is 0.324. The van der Waals surface area contributed by atoms with Gasteiger partial charge in [-0.1, -0.05) is 0 Å². The van der Waals surface area contributed by atoms with E-state index < -0.39 is 0 Å². The average Bonchev–Trinajstić information content (AvgIpc) is 2.36. The fourth-order valence-corrected chi connectivity index (χ4v) is 1.45. The molecule has 2 aromatic rings. The summed E-state index contributed by atoms with van der Waals surface area (Å²) in [6.07, 6.45) is 1.37. The third-order valence-electron chi connectivity index (χ3n) is 2.22. The van der Waals surface area contributed by atoms with Crippen molar-refractivity contribution in [2.24, 2.45) is 5.90 Å². The van der Waals surface area contributed by atoms with Gasteiger partial charge in [-0.2, -0.15) is 10.9 Å². The fraction of sp³-hybridized carbons (Fsp3) is 0.200. The molecule has 0 spiro atoms. The fourth-order valence-electron chi connectivity index (χ4n) is 1.45. The molecule has 0 aliphatic carbocycles. The molecule has 6 heteroatoms. The summed E-state index contributed by atoms with van der Waals surface area (Å²) in [5.41, 5.74) is 0.674. The Hall–Kier alpha value is -2.08. The summed E-state index contributed by atoms with van der Waals surface area (Å²) in [6.45, 7) is 0. The van der Waals surface area contributed by atoms with E-state index in [2.05, 4.69) is 14.8 Å². The number of methoxy groups -OCH3 is 2. The third-order valence-corrected chi connectivity index (χ3v) is 2.22. The van der Waals surface area contributed by atoms with Crippen molar-refractivity contribution < 1.29 is 14.3 Å². The summed E-state index contributed by atoms with van der Waals surface area (Å²) >= 11 is 0. The highest BCUT2D eigenvalue weighted by atomic mass is 16.6. The molecule has 6 nitrogen and oxygen atoms in total. The van der Waals surface area contributed by atoms with Crippen LogP contribution in [0.5, 0.6) is 17.4 Å². The minimum atomic E-state index is 0.297. The van der Waals surface area contributed by atoms with Gasteiger partial charge in [0.05, 0.1) is 25.1 Å². The predicted octanol–water partition coefficient (Wildman–Crippen LogP) is 0.899. The summed E-state index contributed by atoms with van der Waals surface area (Å²) in [7, 11) is 3.11. The van der Waals surface area contributed by atoms with E-state index in [9.17, 15) is 0 Å². The highest BCUT2D eigenvalue weighted by Gasteiger charge is 2.10. The molecule has 0 saturated carbocycles. The van der Waals surface area contributed by atoms with Gasteiger partial charge in [0, 0.05) is 6.07 Å². The van der Waals surface area contributed by atoms with Gasteiger partial charge in [-0.05, 0) is 6.07 Å². The second-order valence-electron chi connectivity index (χ2n) is 3.02. The normalized spacial score (nSPS) is 10.2. The molecule has 0 amide bonds. The largest absolute Gasteiger partial charge is 0.493 e. The van der Waals surface area contributed by atoms with Crippen molar-refractivity contribution in [2.75, 3.05) is 14.2 Å². The van der Waals surface area contributed by atoms with Gasteiger partial charge in [0.2, 0.25) is 5.88 Å². The molecule has 0 saturated heterocycles. The lowest BCUT2D eigenvalue weighted by Gasteiger charge is -2.09. The minimum Gasteiger partial charge on any atom is -0.493 e. The zero-order chi connectivity index (χ0) is 11.5. The molecule has 2 N–H and O–H groups in total. The molecule has 1 aromatic carbocycles. The summed E-state index contributed by atoms with van der Waals surface area (Å²) in [4.78, 5) is 12.6. The van der Waals surface area contributed by atoms with Crippen molar-refractivity contribution in [3.05, 3.63) is 18.5 Å². The van der Waals surface area contributed by atoms with Crippen molar-refractivity contribution in [1.82, 2.24) is 9.97 Å². The number of fused-ring (bicyclic) bond motifs is 1. The summed E-state index contributed by atoms with van der Waals surface area (Å²) in [5, 5.41) is 0.669. The van der Waals surface area contributed by atoms with Crippen molar-refractivity contribution >= 4 is 10.9 Å². The number of ether oxygens (including phenoxy) is 2. The number of benzene rings is 1. The van der Waals surface area contributed by atoms with Crippen LogP contribution in [-0.4, -0.2) is 24.2 Å². The molecule has 1 heterocycles. The Balaban J connectivity index is 2.72. The van der Waals surface area contributed by atoms with E-state index in [-0.39, 0.29) is 0 Å². The molecule has 0 aliphatic heterocycles. The summed E-state index contributed by atoms with van der Waals surface area (Å²) in [5.74, 6) is 6.58. The van der Waals surface area contributed by atoms with Crippen molar-refractivity contribution in [3.8, 4) is 17.4 Å². The van der Waals surface area contributed by atoms with Crippen LogP contribution in [0.4, 0.5) is 0 Å². The number of hydrogen-bond donors (Lipinski definition) is 1. The quantitative estimate of drug-likeness (QED) is 0.775. The summed E-state index contributed by atoms with van der Waals surface area (Å²) in [6, 6.07) is 3.45. The maximum Gasteiger partial charge on any atom is 0.248 e. The van der Waals surface area contributed by atoms with Crippen LogP contribution in [0.1, 0.15) is 0 Å². The second-order valence-corrected chi connectivity index (χ2v) is 3.02. The smallest absolute Gasteiger partial charge is 0.248 e. The summed E-state index contributed by atoms with van der Waals surface area (Å²) < 4.78 is 10.3. The lowest BCUT2D eigenvalue weighted by atomic mass is 10.2. The van der Waals surface area contributed by atoms with Gasteiger partial charge in [-0.15, -0.1) is 0 Å². The van der Waals surface area contributed by atoms with Gasteiger partial charge in [0.25, 0.3) is 0 Å². The van der Waals surface area contributed by atoms with E-state index >= 15 is 0 Å². The molecule has 1 aromatic heterocycles. The first-order chi connectivity index (χ1) is 7.80. The van der Waals surface area contributed by atoms with E-state index in [1.165, 1.54) is 6.33 Å². The molecule has 0 radical (unpaired) electrons. The molecular formula is C10H11N3O3. The topological polar surface area (TPSA) is 79.5 Å². The molecule has 0 bridgehead atoms. The molecule has 84 valence electrons. The van der Waals surface area contributed by atoms with Crippen molar-refractivity contribution in [2.45, 2.75) is 0 Å². The third kappa shape index (κ3) is 1.59. The monoisotopic (exact) mass is 221 g/mol. The van der Waals surface area contributed by atoms with Crippen LogP contribution in [0, 0.1) is 0 Å². The first kappa shape index (κ1) is 10.4. The van der Waals surface area contributed by atoms with Crippen LogP contribution in [0.15, 0.2) is 18.5 Å². The zero-order valence-electron chi connectivity index (χ0n) is 8.93. The molecule has 0 fully saturated rings. The zero-order valence-corrected chi connectivity index (χ0v) is 8.93. The first-order valence-electron chi connectivity index (χ1n) is 4.53. The van der Waals surface area contributed by atoms with Crippen LogP contribution in [-0.2, 0) is 0 Å².